The molecule has 1 heterocycles. The lowest BCUT2D eigenvalue weighted by atomic mass is 10.1. The molecule has 1 aliphatic carbocycles. The fourth-order valence-corrected chi connectivity index (χ4v) is 2.10. The van der Waals surface area contributed by atoms with Crippen molar-refractivity contribution in [2.24, 2.45) is 5.92 Å². The maximum absolute atomic E-state index is 5.70. The summed E-state index contributed by atoms with van der Waals surface area (Å²) in [5, 5.41) is 0. The maximum Gasteiger partial charge on any atom is 0.161 e. The standard InChI is InChI=1S/C15H16O2/c1-11-3-5-12-9-14-15(10-13(12)6-4-11)17-8-2-7-16-14/h3-6,9-11H,2,7-8H2,1H3. The van der Waals surface area contributed by atoms with Gasteiger partial charge in [0, 0.05) is 6.42 Å². The lowest BCUT2D eigenvalue weighted by molar-refractivity contribution is 0.297. The van der Waals surface area contributed by atoms with Crippen LogP contribution in [0.25, 0.3) is 12.2 Å². The molecule has 0 amide bonds. The first-order chi connectivity index (χ1) is 8.33. The largest absolute Gasteiger partial charge is 0.490 e. The molecular formula is C15H16O2. The van der Waals surface area contributed by atoms with Crippen LogP contribution in [0.2, 0.25) is 0 Å². The van der Waals surface area contributed by atoms with Crippen LogP contribution >= 0.6 is 0 Å². The van der Waals surface area contributed by atoms with Gasteiger partial charge in [-0.2, -0.15) is 0 Å². The number of hydrogen-bond donors (Lipinski definition) is 0. The van der Waals surface area contributed by atoms with Crippen LogP contribution in [0.5, 0.6) is 11.5 Å². The minimum Gasteiger partial charge on any atom is -0.490 e. The van der Waals surface area contributed by atoms with Crippen LogP contribution in [0.4, 0.5) is 0 Å². The van der Waals surface area contributed by atoms with E-state index in [0.717, 1.165) is 31.1 Å². The van der Waals surface area contributed by atoms with E-state index in [2.05, 4.69) is 43.4 Å². The second kappa shape index (κ2) is 4.28. The number of benzene rings is 1. The highest BCUT2D eigenvalue weighted by atomic mass is 16.5. The Hall–Kier alpha value is -1.70. The predicted molar refractivity (Wildman–Crippen MR) is 69.3 cm³/mol. The van der Waals surface area contributed by atoms with Crippen LogP contribution in [0, 0.1) is 5.92 Å². The van der Waals surface area contributed by atoms with Gasteiger partial charge in [0.15, 0.2) is 11.5 Å². The normalized spacial score (nSPS) is 18.4. The molecule has 88 valence electrons. The van der Waals surface area contributed by atoms with E-state index in [1.54, 1.807) is 0 Å². The molecule has 0 N–H and O–H groups in total. The molecule has 0 spiro atoms. The van der Waals surface area contributed by atoms with Crippen molar-refractivity contribution in [2.75, 3.05) is 13.2 Å². The SMILES string of the molecule is CC1C=Cc2cc3c(cc2C=C1)OCCCO3. The molecule has 0 radical (unpaired) electrons. The molecule has 1 aromatic rings. The van der Waals surface area contributed by atoms with Gasteiger partial charge >= 0.3 is 0 Å². The number of ether oxygens (including phenoxy) is 2. The van der Waals surface area contributed by atoms with Gasteiger partial charge in [-0.05, 0) is 29.2 Å². The Labute approximate surface area is 102 Å². The first-order valence-corrected chi connectivity index (χ1v) is 6.13. The third-order valence-corrected chi connectivity index (χ3v) is 3.11. The second-order valence-corrected chi connectivity index (χ2v) is 4.56. The Balaban J connectivity index is 2.08. The molecule has 2 nitrogen and oxygen atoms in total. The van der Waals surface area contributed by atoms with Crippen molar-refractivity contribution >= 4 is 12.2 Å². The highest BCUT2D eigenvalue weighted by Crippen LogP contribution is 2.35. The van der Waals surface area contributed by atoms with Crippen LogP contribution in [0.3, 0.4) is 0 Å². The highest BCUT2D eigenvalue weighted by Gasteiger charge is 2.13. The zero-order valence-corrected chi connectivity index (χ0v) is 9.98. The van der Waals surface area contributed by atoms with E-state index in [0.29, 0.717) is 5.92 Å². The minimum absolute atomic E-state index is 0.476. The minimum atomic E-state index is 0.476. The van der Waals surface area contributed by atoms with Crippen molar-refractivity contribution in [1.82, 2.24) is 0 Å². The second-order valence-electron chi connectivity index (χ2n) is 4.56. The Bertz CT molecular complexity index is 443. The molecular weight excluding hydrogens is 212 g/mol. The number of hydrogen-bond acceptors (Lipinski definition) is 2. The van der Waals surface area contributed by atoms with Gasteiger partial charge in [0.2, 0.25) is 0 Å². The molecule has 0 fully saturated rings. The van der Waals surface area contributed by atoms with Crippen LogP contribution in [0.1, 0.15) is 24.5 Å². The van der Waals surface area contributed by atoms with E-state index < -0.39 is 0 Å². The fourth-order valence-electron chi connectivity index (χ4n) is 2.10. The molecule has 0 unspecified atom stereocenters. The number of allylic oxidation sites excluding steroid dienone is 2. The van der Waals surface area contributed by atoms with Crippen LogP contribution in [0.15, 0.2) is 24.3 Å². The maximum atomic E-state index is 5.70. The molecule has 2 heteroatoms. The quantitative estimate of drug-likeness (QED) is 0.676. The Kier molecular flexibility index (Phi) is 2.63. The molecule has 1 aliphatic heterocycles. The first kappa shape index (κ1) is 10.5. The van der Waals surface area contributed by atoms with Crippen molar-refractivity contribution < 1.29 is 9.47 Å². The lowest BCUT2D eigenvalue weighted by Gasteiger charge is -2.10. The monoisotopic (exact) mass is 228 g/mol. The van der Waals surface area contributed by atoms with Gasteiger partial charge < -0.3 is 9.47 Å². The summed E-state index contributed by atoms with van der Waals surface area (Å²) in [6.45, 7) is 3.65. The Morgan fingerprint density at radius 1 is 0.941 bits per heavy atom. The lowest BCUT2D eigenvalue weighted by Crippen LogP contribution is -1.97. The summed E-state index contributed by atoms with van der Waals surface area (Å²) in [5.74, 6) is 2.21. The Morgan fingerprint density at radius 3 is 2.00 bits per heavy atom. The molecule has 17 heavy (non-hydrogen) atoms. The third-order valence-electron chi connectivity index (χ3n) is 3.11. The van der Waals surface area contributed by atoms with E-state index in [1.807, 2.05) is 0 Å². The van der Waals surface area contributed by atoms with Gasteiger partial charge in [-0.1, -0.05) is 31.2 Å². The van der Waals surface area contributed by atoms with Crippen molar-refractivity contribution in [1.29, 1.82) is 0 Å². The molecule has 2 aliphatic rings. The molecule has 0 saturated heterocycles. The van der Waals surface area contributed by atoms with Gasteiger partial charge in [0.05, 0.1) is 13.2 Å². The van der Waals surface area contributed by atoms with Crippen LogP contribution in [-0.4, -0.2) is 13.2 Å². The average molecular weight is 228 g/mol. The smallest absolute Gasteiger partial charge is 0.161 e. The van der Waals surface area contributed by atoms with E-state index in [-0.39, 0.29) is 0 Å². The zero-order chi connectivity index (χ0) is 11.7. The van der Waals surface area contributed by atoms with Crippen LogP contribution in [-0.2, 0) is 0 Å². The summed E-state index contributed by atoms with van der Waals surface area (Å²) in [6, 6.07) is 4.16. The third kappa shape index (κ3) is 2.07. The molecule has 3 rings (SSSR count). The summed E-state index contributed by atoms with van der Waals surface area (Å²) in [7, 11) is 0. The fraction of sp³-hybridized carbons (Fsp3) is 0.333. The number of fused-ring (bicyclic) bond motifs is 2. The van der Waals surface area contributed by atoms with E-state index in [4.69, 9.17) is 9.47 Å². The average Bonchev–Trinajstić information content (AvgIpc) is 2.66. The van der Waals surface area contributed by atoms with Gasteiger partial charge in [0.1, 0.15) is 0 Å². The van der Waals surface area contributed by atoms with Crippen molar-refractivity contribution in [3.8, 4) is 11.5 Å². The van der Waals surface area contributed by atoms with E-state index in [9.17, 15) is 0 Å². The summed E-state index contributed by atoms with van der Waals surface area (Å²) in [5.41, 5.74) is 2.41. The molecule has 1 aromatic carbocycles. The van der Waals surface area contributed by atoms with Crippen molar-refractivity contribution in [3.63, 3.8) is 0 Å². The molecule has 0 bridgehead atoms. The van der Waals surface area contributed by atoms with Gasteiger partial charge in [-0.3, -0.25) is 0 Å². The summed E-state index contributed by atoms with van der Waals surface area (Å²) < 4.78 is 11.4. The summed E-state index contributed by atoms with van der Waals surface area (Å²) in [6.07, 6.45) is 9.67. The molecule has 0 atom stereocenters. The van der Waals surface area contributed by atoms with Crippen molar-refractivity contribution in [2.45, 2.75) is 13.3 Å². The number of rotatable bonds is 0. The van der Waals surface area contributed by atoms with E-state index in [1.165, 1.54) is 11.1 Å². The highest BCUT2D eigenvalue weighted by molar-refractivity contribution is 5.71. The summed E-state index contributed by atoms with van der Waals surface area (Å²) >= 11 is 0. The van der Waals surface area contributed by atoms with Crippen molar-refractivity contribution in [3.05, 3.63) is 35.4 Å². The molecule has 0 aromatic heterocycles. The zero-order valence-electron chi connectivity index (χ0n) is 9.98. The Morgan fingerprint density at radius 2 is 1.47 bits per heavy atom. The van der Waals surface area contributed by atoms with Gasteiger partial charge in [-0.15, -0.1) is 0 Å². The first-order valence-electron chi connectivity index (χ1n) is 6.13. The summed E-state index contributed by atoms with van der Waals surface area (Å²) in [4.78, 5) is 0. The molecule has 0 saturated carbocycles. The van der Waals surface area contributed by atoms with Gasteiger partial charge in [-0.25, -0.2) is 0 Å². The predicted octanol–water partition coefficient (Wildman–Crippen LogP) is 3.52. The van der Waals surface area contributed by atoms with E-state index >= 15 is 0 Å². The topological polar surface area (TPSA) is 18.5 Å². The van der Waals surface area contributed by atoms with Gasteiger partial charge in [0.25, 0.3) is 0 Å². The van der Waals surface area contributed by atoms with Crippen LogP contribution < -0.4 is 9.47 Å².